The van der Waals surface area contributed by atoms with Crippen molar-refractivity contribution in [2.45, 2.75) is 44.6 Å². The van der Waals surface area contributed by atoms with Crippen LogP contribution in [0.5, 0.6) is 0 Å². The summed E-state index contributed by atoms with van der Waals surface area (Å²) in [4.78, 5) is 17.3. The van der Waals surface area contributed by atoms with Gasteiger partial charge in [-0.05, 0) is 24.1 Å². The van der Waals surface area contributed by atoms with Gasteiger partial charge in [-0.1, -0.05) is 51.1 Å². The van der Waals surface area contributed by atoms with Crippen molar-refractivity contribution in [3.05, 3.63) is 33.6 Å². The third-order valence-electron chi connectivity index (χ3n) is 2.77. The van der Waals surface area contributed by atoms with E-state index in [-0.39, 0.29) is 5.56 Å². The standard InChI is InChI=1S/C15H19ClN2OS/c1-9(2)8-18-14(19)12-7-11(16)5-6-13(12)17-15(18)20-10(3)4/h5-7,9-10H,8H2,1-4H3. The summed E-state index contributed by atoms with van der Waals surface area (Å²) in [6.45, 7) is 9.06. The van der Waals surface area contributed by atoms with Gasteiger partial charge in [-0.15, -0.1) is 0 Å². The normalized spacial score (nSPS) is 11.8. The first-order valence-corrected chi connectivity index (χ1v) is 8.01. The number of hydrogen-bond donors (Lipinski definition) is 0. The first kappa shape index (κ1) is 15.4. The van der Waals surface area contributed by atoms with Gasteiger partial charge in [0.25, 0.3) is 5.56 Å². The molecule has 0 aliphatic heterocycles. The predicted molar refractivity (Wildman–Crippen MR) is 86.8 cm³/mol. The monoisotopic (exact) mass is 310 g/mol. The summed E-state index contributed by atoms with van der Waals surface area (Å²) in [5.74, 6) is 0.387. The second kappa shape index (κ2) is 6.19. The molecule has 3 nitrogen and oxygen atoms in total. The Morgan fingerprint density at radius 2 is 2.00 bits per heavy atom. The molecule has 0 N–H and O–H groups in total. The third kappa shape index (κ3) is 3.36. The van der Waals surface area contributed by atoms with Gasteiger partial charge in [-0.25, -0.2) is 4.98 Å². The summed E-state index contributed by atoms with van der Waals surface area (Å²) in [5.41, 5.74) is 0.705. The van der Waals surface area contributed by atoms with Crippen molar-refractivity contribution in [1.29, 1.82) is 0 Å². The fourth-order valence-electron chi connectivity index (χ4n) is 2.00. The van der Waals surface area contributed by atoms with E-state index in [1.165, 1.54) is 0 Å². The highest BCUT2D eigenvalue weighted by atomic mass is 35.5. The topological polar surface area (TPSA) is 34.9 Å². The number of nitrogens with zero attached hydrogens (tertiary/aromatic N) is 2. The average Bonchev–Trinajstić information content (AvgIpc) is 2.34. The second-order valence-electron chi connectivity index (χ2n) is 5.53. The van der Waals surface area contributed by atoms with Crippen LogP contribution in [0.3, 0.4) is 0 Å². The Hall–Kier alpha value is -1.00. The Bertz CT molecular complexity index is 679. The smallest absolute Gasteiger partial charge is 0.262 e. The largest absolute Gasteiger partial charge is 0.287 e. The van der Waals surface area contributed by atoms with E-state index < -0.39 is 0 Å². The van der Waals surface area contributed by atoms with Crippen LogP contribution in [0.2, 0.25) is 5.02 Å². The van der Waals surface area contributed by atoms with Crippen LogP contribution in [-0.4, -0.2) is 14.8 Å². The Labute approximate surface area is 128 Å². The number of fused-ring (bicyclic) bond motifs is 1. The summed E-state index contributed by atoms with van der Waals surface area (Å²) in [6.07, 6.45) is 0. The van der Waals surface area contributed by atoms with Crippen LogP contribution in [0.25, 0.3) is 10.9 Å². The third-order valence-corrected chi connectivity index (χ3v) is 4.00. The Morgan fingerprint density at radius 3 is 2.60 bits per heavy atom. The molecule has 20 heavy (non-hydrogen) atoms. The molecule has 0 aliphatic carbocycles. The zero-order valence-corrected chi connectivity index (χ0v) is 13.8. The average molecular weight is 311 g/mol. The molecule has 0 fully saturated rings. The van der Waals surface area contributed by atoms with E-state index in [4.69, 9.17) is 11.6 Å². The molecule has 2 rings (SSSR count). The summed E-state index contributed by atoms with van der Waals surface area (Å²) >= 11 is 7.61. The van der Waals surface area contributed by atoms with Crippen molar-refractivity contribution in [2.75, 3.05) is 0 Å². The van der Waals surface area contributed by atoms with Crippen LogP contribution < -0.4 is 5.56 Å². The fraction of sp³-hybridized carbons (Fsp3) is 0.467. The van der Waals surface area contributed by atoms with Crippen molar-refractivity contribution in [3.63, 3.8) is 0 Å². The van der Waals surface area contributed by atoms with Crippen LogP contribution in [0.1, 0.15) is 27.7 Å². The number of hydrogen-bond acceptors (Lipinski definition) is 3. The van der Waals surface area contributed by atoms with E-state index in [1.54, 1.807) is 28.5 Å². The molecule has 0 saturated carbocycles. The highest BCUT2D eigenvalue weighted by Crippen LogP contribution is 2.23. The van der Waals surface area contributed by atoms with Gasteiger partial charge < -0.3 is 0 Å². The number of aromatic nitrogens is 2. The molecule has 0 saturated heterocycles. The van der Waals surface area contributed by atoms with Gasteiger partial charge in [0.15, 0.2) is 5.16 Å². The van der Waals surface area contributed by atoms with Crippen molar-refractivity contribution < 1.29 is 0 Å². The summed E-state index contributed by atoms with van der Waals surface area (Å²) in [7, 11) is 0. The summed E-state index contributed by atoms with van der Waals surface area (Å²) < 4.78 is 1.77. The van der Waals surface area contributed by atoms with Gasteiger partial charge in [-0.3, -0.25) is 9.36 Å². The van der Waals surface area contributed by atoms with E-state index in [0.717, 1.165) is 5.16 Å². The first-order valence-electron chi connectivity index (χ1n) is 6.75. The minimum Gasteiger partial charge on any atom is -0.287 e. The summed E-state index contributed by atoms with van der Waals surface area (Å²) in [6, 6.07) is 5.28. The lowest BCUT2D eigenvalue weighted by atomic mass is 10.2. The van der Waals surface area contributed by atoms with E-state index >= 15 is 0 Å². The lowest BCUT2D eigenvalue weighted by Gasteiger charge is -2.16. The van der Waals surface area contributed by atoms with Crippen LogP contribution in [-0.2, 0) is 6.54 Å². The molecule has 0 bridgehead atoms. The van der Waals surface area contributed by atoms with Gasteiger partial charge in [0.1, 0.15) is 0 Å². The first-order chi connectivity index (χ1) is 9.38. The molecule has 1 heterocycles. The van der Waals surface area contributed by atoms with Crippen LogP contribution in [0, 0.1) is 5.92 Å². The maximum absolute atomic E-state index is 12.7. The predicted octanol–water partition coefficient (Wildman–Crippen LogP) is 4.21. The van der Waals surface area contributed by atoms with E-state index in [1.807, 2.05) is 6.07 Å². The molecule has 0 amide bonds. The van der Waals surface area contributed by atoms with Gasteiger partial charge in [0.05, 0.1) is 10.9 Å². The van der Waals surface area contributed by atoms with Crippen LogP contribution in [0.15, 0.2) is 28.2 Å². The maximum Gasteiger partial charge on any atom is 0.262 e. The van der Waals surface area contributed by atoms with Crippen molar-refractivity contribution in [1.82, 2.24) is 9.55 Å². The second-order valence-corrected chi connectivity index (χ2v) is 7.51. The molecule has 0 radical (unpaired) electrons. The Morgan fingerprint density at radius 1 is 1.30 bits per heavy atom. The minimum atomic E-state index is -0.00523. The van der Waals surface area contributed by atoms with E-state index in [0.29, 0.717) is 33.6 Å². The molecule has 1 aromatic heterocycles. The number of thioether (sulfide) groups is 1. The molecule has 5 heteroatoms. The van der Waals surface area contributed by atoms with Crippen molar-refractivity contribution >= 4 is 34.3 Å². The SMILES string of the molecule is CC(C)Cn1c(SC(C)C)nc2ccc(Cl)cc2c1=O. The molecular formula is C15H19ClN2OS. The molecular weight excluding hydrogens is 292 g/mol. The lowest BCUT2D eigenvalue weighted by molar-refractivity contribution is 0.475. The molecule has 0 unspecified atom stereocenters. The molecule has 2 aromatic rings. The van der Waals surface area contributed by atoms with E-state index in [9.17, 15) is 4.79 Å². The van der Waals surface area contributed by atoms with E-state index in [2.05, 4.69) is 32.7 Å². The lowest BCUT2D eigenvalue weighted by Crippen LogP contribution is -2.25. The van der Waals surface area contributed by atoms with Gasteiger partial charge in [0, 0.05) is 16.8 Å². The van der Waals surface area contributed by atoms with Crippen molar-refractivity contribution in [3.8, 4) is 0 Å². The molecule has 0 atom stereocenters. The van der Waals surface area contributed by atoms with Gasteiger partial charge in [0.2, 0.25) is 0 Å². The molecule has 0 spiro atoms. The van der Waals surface area contributed by atoms with Gasteiger partial charge >= 0.3 is 0 Å². The summed E-state index contributed by atoms with van der Waals surface area (Å²) in [5, 5.41) is 2.32. The molecule has 108 valence electrons. The number of benzene rings is 1. The van der Waals surface area contributed by atoms with Crippen LogP contribution >= 0.6 is 23.4 Å². The number of rotatable bonds is 4. The highest BCUT2D eigenvalue weighted by Gasteiger charge is 2.14. The Kier molecular flexibility index (Phi) is 4.76. The quantitative estimate of drug-likeness (QED) is 0.627. The number of halogens is 1. The highest BCUT2D eigenvalue weighted by molar-refractivity contribution is 7.99. The fourth-order valence-corrected chi connectivity index (χ4v) is 3.03. The molecule has 1 aromatic carbocycles. The molecule has 0 aliphatic rings. The zero-order chi connectivity index (χ0) is 14.9. The van der Waals surface area contributed by atoms with Crippen LogP contribution in [0.4, 0.5) is 0 Å². The maximum atomic E-state index is 12.7. The van der Waals surface area contributed by atoms with Crippen molar-refractivity contribution in [2.24, 2.45) is 5.92 Å². The van der Waals surface area contributed by atoms with Gasteiger partial charge in [-0.2, -0.15) is 0 Å². The zero-order valence-electron chi connectivity index (χ0n) is 12.2. The Balaban J connectivity index is 2.69. The minimum absolute atomic E-state index is 0.00523.